The lowest BCUT2D eigenvalue weighted by Crippen LogP contribution is -2.61. The van der Waals surface area contributed by atoms with E-state index in [4.69, 9.17) is 5.73 Å². The van der Waals surface area contributed by atoms with Crippen molar-refractivity contribution in [1.29, 1.82) is 0 Å². The Hall–Kier alpha value is -0.390. The summed E-state index contributed by atoms with van der Waals surface area (Å²) < 4.78 is 61.2. The summed E-state index contributed by atoms with van der Waals surface area (Å²) in [7, 11) is 0. The van der Waals surface area contributed by atoms with Gasteiger partial charge >= 0.3 is 12.1 Å². The molecule has 0 aromatic rings. The Morgan fingerprint density at radius 3 is 1.62 bits per heavy atom. The molecular weight excluding hydrogens is 193 g/mol. The van der Waals surface area contributed by atoms with Crippen LogP contribution in [0.4, 0.5) is 22.0 Å². The summed E-state index contributed by atoms with van der Waals surface area (Å²) in [6.45, 7) is 0. The smallest absolute Gasteiger partial charge is 0.320 e. The third kappa shape index (κ3) is 1.51. The number of rotatable bonds is 1. The lowest BCUT2D eigenvalue weighted by Gasteiger charge is -2.34. The van der Waals surface area contributed by atoms with Crippen LogP contribution in [0.1, 0.15) is 25.7 Å². The zero-order valence-electron chi connectivity index (χ0n) is 6.80. The maximum atomic E-state index is 12.8. The van der Waals surface area contributed by atoms with E-state index in [1.807, 2.05) is 0 Å². The molecule has 0 radical (unpaired) electrons. The molecule has 1 fully saturated rings. The van der Waals surface area contributed by atoms with Gasteiger partial charge in [0.05, 0.1) is 5.54 Å². The summed E-state index contributed by atoms with van der Waals surface area (Å²) in [4.78, 5) is 0. The number of halogens is 5. The normalized spacial score (nSPS) is 23.5. The first-order chi connectivity index (χ1) is 5.71. The molecule has 0 amide bonds. The van der Waals surface area contributed by atoms with Crippen LogP contribution in [0, 0.1) is 0 Å². The molecule has 1 rings (SSSR count). The van der Waals surface area contributed by atoms with Crippen LogP contribution in [0.2, 0.25) is 0 Å². The minimum Gasteiger partial charge on any atom is -0.320 e. The summed E-state index contributed by atoms with van der Waals surface area (Å²) in [6, 6.07) is 0. The molecule has 0 bridgehead atoms. The van der Waals surface area contributed by atoms with Crippen molar-refractivity contribution in [2.45, 2.75) is 43.3 Å². The zero-order valence-corrected chi connectivity index (χ0v) is 6.80. The molecule has 0 heterocycles. The van der Waals surface area contributed by atoms with E-state index < -0.39 is 17.6 Å². The number of nitrogens with two attached hydrogens (primary N) is 1. The van der Waals surface area contributed by atoms with Crippen LogP contribution in [-0.2, 0) is 0 Å². The van der Waals surface area contributed by atoms with Gasteiger partial charge in [-0.25, -0.2) is 0 Å². The van der Waals surface area contributed by atoms with Gasteiger partial charge in [-0.2, -0.15) is 22.0 Å². The van der Waals surface area contributed by atoms with E-state index >= 15 is 0 Å². The highest BCUT2D eigenvalue weighted by atomic mass is 19.4. The van der Waals surface area contributed by atoms with Crippen LogP contribution in [-0.4, -0.2) is 17.6 Å². The fraction of sp³-hybridized carbons (Fsp3) is 1.00. The predicted octanol–water partition coefficient (Wildman–Crippen LogP) is 2.46. The highest BCUT2D eigenvalue weighted by molar-refractivity contribution is 5.04. The van der Waals surface area contributed by atoms with Gasteiger partial charge in [0.1, 0.15) is 0 Å². The Morgan fingerprint density at radius 2 is 1.31 bits per heavy atom. The van der Waals surface area contributed by atoms with Gasteiger partial charge in [0, 0.05) is 0 Å². The van der Waals surface area contributed by atoms with E-state index in [9.17, 15) is 22.0 Å². The van der Waals surface area contributed by atoms with Crippen LogP contribution in [0.5, 0.6) is 0 Å². The minimum absolute atomic E-state index is 0.264. The molecule has 13 heavy (non-hydrogen) atoms. The van der Waals surface area contributed by atoms with Crippen molar-refractivity contribution in [3.8, 4) is 0 Å². The average molecular weight is 203 g/mol. The summed E-state index contributed by atoms with van der Waals surface area (Å²) in [6.07, 6.45) is -5.39. The first-order valence-electron chi connectivity index (χ1n) is 3.94. The SMILES string of the molecule is NC1(C(F)(F)C(F)(F)F)CCCC1. The van der Waals surface area contributed by atoms with E-state index in [1.54, 1.807) is 0 Å². The van der Waals surface area contributed by atoms with Gasteiger partial charge in [-0.3, -0.25) is 0 Å². The number of hydrogen-bond donors (Lipinski definition) is 1. The van der Waals surface area contributed by atoms with Crippen molar-refractivity contribution in [2.75, 3.05) is 0 Å². The molecule has 1 nitrogen and oxygen atoms in total. The van der Waals surface area contributed by atoms with Gasteiger partial charge < -0.3 is 5.73 Å². The third-order valence-corrected chi connectivity index (χ3v) is 2.48. The predicted molar refractivity (Wildman–Crippen MR) is 36.4 cm³/mol. The summed E-state index contributed by atoms with van der Waals surface area (Å²) in [5, 5.41) is 0. The Labute approximate surface area is 72.1 Å². The second kappa shape index (κ2) is 2.80. The molecule has 6 heteroatoms. The Balaban J connectivity index is 2.91. The van der Waals surface area contributed by atoms with Crippen LogP contribution >= 0.6 is 0 Å². The van der Waals surface area contributed by atoms with Crippen LogP contribution in [0.15, 0.2) is 0 Å². The van der Waals surface area contributed by atoms with Crippen molar-refractivity contribution < 1.29 is 22.0 Å². The van der Waals surface area contributed by atoms with Crippen LogP contribution in [0.25, 0.3) is 0 Å². The van der Waals surface area contributed by atoms with Crippen molar-refractivity contribution >= 4 is 0 Å². The maximum Gasteiger partial charge on any atom is 0.455 e. The first-order valence-corrected chi connectivity index (χ1v) is 3.94. The van der Waals surface area contributed by atoms with Gasteiger partial charge in [0.2, 0.25) is 0 Å². The van der Waals surface area contributed by atoms with Gasteiger partial charge in [0.25, 0.3) is 0 Å². The van der Waals surface area contributed by atoms with E-state index in [1.165, 1.54) is 0 Å². The Kier molecular flexibility index (Phi) is 2.30. The van der Waals surface area contributed by atoms with Crippen LogP contribution in [0.3, 0.4) is 0 Å². The third-order valence-electron chi connectivity index (χ3n) is 2.48. The highest BCUT2D eigenvalue weighted by Crippen LogP contribution is 2.48. The average Bonchev–Trinajstić information content (AvgIpc) is 2.35. The largest absolute Gasteiger partial charge is 0.455 e. The molecule has 1 aliphatic carbocycles. The van der Waals surface area contributed by atoms with Crippen LogP contribution < -0.4 is 5.73 Å². The molecule has 2 N–H and O–H groups in total. The van der Waals surface area contributed by atoms with Gasteiger partial charge in [-0.05, 0) is 12.8 Å². The molecule has 0 aliphatic heterocycles. The van der Waals surface area contributed by atoms with E-state index in [2.05, 4.69) is 0 Å². The fourth-order valence-electron chi connectivity index (χ4n) is 1.60. The molecular formula is C7H10F5N. The molecule has 0 aromatic heterocycles. The molecule has 0 aromatic carbocycles. The van der Waals surface area contributed by atoms with Crippen molar-refractivity contribution in [1.82, 2.24) is 0 Å². The Bertz CT molecular complexity index is 192. The van der Waals surface area contributed by atoms with E-state index in [-0.39, 0.29) is 12.8 Å². The molecule has 0 spiro atoms. The molecule has 78 valence electrons. The molecule has 0 atom stereocenters. The van der Waals surface area contributed by atoms with Gasteiger partial charge in [0.15, 0.2) is 0 Å². The zero-order chi connectivity index (χ0) is 10.3. The first kappa shape index (κ1) is 10.7. The van der Waals surface area contributed by atoms with Crippen molar-refractivity contribution in [3.63, 3.8) is 0 Å². The molecule has 0 saturated heterocycles. The number of hydrogen-bond acceptors (Lipinski definition) is 1. The standard InChI is InChI=1S/C7H10F5N/c8-6(9,7(10,11)12)5(13)3-1-2-4-5/h1-4,13H2. The van der Waals surface area contributed by atoms with Gasteiger partial charge in [-0.1, -0.05) is 12.8 Å². The molecule has 1 aliphatic rings. The van der Waals surface area contributed by atoms with E-state index in [0.29, 0.717) is 12.8 Å². The van der Waals surface area contributed by atoms with Gasteiger partial charge in [-0.15, -0.1) is 0 Å². The lowest BCUT2D eigenvalue weighted by molar-refractivity contribution is -0.306. The highest BCUT2D eigenvalue weighted by Gasteiger charge is 2.68. The van der Waals surface area contributed by atoms with E-state index in [0.717, 1.165) is 0 Å². The number of alkyl halides is 5. The Morgan fingerprint density at radius 1 is 0.923 bits per heavy atom. The topological polar surface area (TPSA) is 26.0 Å². The van der Waals surface area contributed by atoms with Crippen molar-refractivity contribution in [3.05, 3.63) is 0 Å². The lowest BCUT2D eigenvalue weighted by atomic mass is 9.90. The summed E-state index contributed by atoms with van der Waals surface area (Å²) in [5.74, 6) is -4.77. The molecule has 1 saturated carbocycles. The summed E-state index contributed by atoms with van der Waals surface area (Å²) >= 11 is 0. The fourth-order valence-corrected chi connectivity index (χ4v) is 1.60. The molecule has 0 unspecified atom stereocenters. The maximum absolute atomic E-state index is 12.8. The second-order valence-electron chi connectivity index (χ2n) is 3.44. The quantitative estimate of drug-likeness (QED) is 0.651. The van der Waals surface area contributed by atoms with Crippen molar-refractivity contribution in [2.24, 2.45) is 5.73 Å². The monoisotopic (exact) mass is 203 g/mol. The summed E-state index contributed by atoms with van der Waals surface area (Å²) in [5.41, 5.74) is 2.67. The minimum atomic E-state index is -5.54. The second-order valence-corrected chi connectivity index (χ2v) is 3.44.